The molecule has 0 aromatic carbocycles. The maximum absolute atomic E-state index is 11.1. The van der Waals surface area contributed by atoms with Crippen LogP contribution in [0.5, 0.6) is 0 Å². The van der Waals surface area contributed by atoms with Gasteiger partial charge in [-0.15, -0.1) is 0 Å². The number of hydrogen-bond donors (Lipinski definition) is 13. The molecule has 35 heavy (non-hydrogen) atoms. The molecule has 1 saturated carbocycles. The zero-order valence-corrected chi connectivity index (χ0v) is 18.6. The van der Waals surface area contributed by atoms with Gasteiger partial charge in [-0.3, -0.25) is 0 Å². The van der Waals surface area contributed by atoms with Crippen LogP contribution in [0.3, 0.4) is 0 Å². The van der Waals surface area contributed by atoms with Crippen LogP contribution in [-0.4, -0.2) is 166 Å². The topological polar surface area (TPSA) is 273 Å². The van der Waals surface area contributed by atoms with Crippen LogP contribution in [0.2, 0.25) is 0 Å². The second kappa shape index (κ2) is 11.3. The van der Waals surface area contributed by atoms with Crippen LogP contribution < -0.4 is 5.32 Å². The number of ether oxygens (including phenoxy) is 2. The molecule has 15 heteroatoms. The van der Waals surface area contributed by atoms with Gasteiger partial charge >= 0.3 is 0 Å². The van der Waals surface area contributed by atoms with E-state index in [2.05, 4.69) is 5.32 Å². The quantitative estimate of drug-likeness (QED) is 0.141. The third-order valence-electron chi connectivity index (χ3n) is 6.98. The van der Waals surface area contributed by atoms with Crippen LogP contribution in [0.15, 0.2) is 11.6 Å². The third-order valence-corrected chi connectivity index (χ3v) is 6.98. The highest BCUT2D eigenvalue weighted by Crippen LogP contribution is 2.35. The highest BCUT2D eigenvalue weighted by molar-refractivity contribution is 5.22. The summed E-state index contributed by atoms with van der Waals surface area (Å²) in [5.41, 5.74) is -2.27. The Bertz CT molecular complexity index is 741. The molecule has 1 saturated heterocycles. The van der Waals surface area contributed by atoms with Crippen molar-refractivity contribution in [2.24, 2.45) is 0 Å². The lowest BCUT2D eigenvalue weighted by Crippen LogP contribution is -2.71. The molecule has 0 aromatic rings. The predicted octanol–water partition coefficient (Wildman–Crippen LogP) is -7.64. The lowest BCUT2D eigenvalue weighted by atomic mass is 9.75. The second-order valence-corrected chi connectivity index (χ2v) is 9.33. The van der Waals surface area contributed by atoms with Crippen LogP contribution in [-0.2, 0) is 9.47 Å². The molecule has 3 aliphatic rings. The first-order chi connectivity index (χ1) is 16.4. The monoisotopic (exact) mass is 513 g/mol. The molecule has 2 fully saturated rings. The van der Waals surface area contributed by atoms with Gasteiger partial charge in [-0.05, 0) is 12.0 Å². The minimum Gasteiger partial charge on any atom is -0.394 e. The summed E-state index contributed by atoms with van der Waals surface area (Å²) in [6.45, 7) is -2.40. The summed E-state index contributed by atoms with van der Waals surface area (Å²) in [6.07, 6.45) is -18.0. The van der Waals surface area contributed by atoms with Crippen molar-refractivity contribution in [3.8, 4) is 0 Å². The summed E-state index contributed by atoms with van der Waals surface area (Å²) in [5, 5.41) is 124. The maximum atomic E-state index is 11.1. The Morgan fingerprint density at radius 3 is 2.09 bits per heavy atom. The van der Waals surface area contributed by atoms with E-state index in [-0.39, 0.29) is 5.57 Å². The number of aliphatic hydroxyl groups is 12. The zero-order valence-electron chi connectivity index (χ0n) is 18.6. The highest BCUT2D eigenvalue weighted by atomic mass is 16.7. The van der Waals surface area contributed by atoms with E-state index in [9.17, 15) is 61.3 Å². The fourth-order valence-corrected chi connectivity index (χ4v) is 4.78. The molecule has 0 unspecified atom stereocenters. The SMILES string of the molecule is OCC1=C[C@H](N[C@H]2C[C@@](O)(CO)[C@@H](O[C@H]3O[C@H](CO)[C@@H](O)[C@H](O)[C@H]3O)[C@H](O)[C@H]2O)[C@H](O)[C@@H](O)[C@@H]1O. The first kappa shape index (κ1) is 28.7. The Morgan fingerprint density at radius 1 is 0.857 bits per heavy atom. The summed E-state index contributed by atoms with van der Waals surface area (Å²) >= 11 is 0. The molecule has 13 N–H and O–H groups in total. The van der Waals surface area contributed by atoms with Crippen LogP contribution in [0.4, 0.5) is 0 Å². The van der Waals surface area contributed by atoms with Gasteiger partial charge in [-0.25, -0.2) is 0 Å². The molecular formula is C20H35NO14. The smallest absolute Gasteiger partial charge is 0.187 e. The van der Waals surface area contributed by atoms with Crippen molar-refractivity contribution < 1.29 is 70.8 Å². The summed E-state index contributed by atoms with van der Waals surface area (Å²) in [7, 11) is 0. The molecule has 0 radical (unpaired) electrons. The second-order valence-electron chi connectivity index (χ2n) is 9.33. The first-order valence-corrected chi connectivity index (χ1v) is 11.2. The standard InChI is InChI=1S/C20H35NO14/c22-3-6-1-7(11(26)14(29)10(6)25)21-8-2-20(33,5-24)18(16(31)12(8)27)35-19-17(32)15(30)13(28)9(4-23)34-19/h1,7-19,21-33H,2-5H2/t7-,8-,9+,10+,11-,12-,13+,14-,15-,16+,17+,18-,19+,20+/m0/s1. The van der Waals surface area contributed by atoms with Gasteiger partial charge in [0, 0.05) is 6.04 Å². The molecule has 204 valence electrons. The van der Waals surface area contributed by atoms with Crippen molar-refractivity contribution in [1.29, 1.82) is 0 Å². The van der Waals surface area contributed by atoms with Crippen molar-refractivity contribution in [2.75, 3.05) is 19.8 Å². The van der Waals surface area contributed by atoms with Crippen LogP contribution in [0.1, 0.15) is 6.42 Å². The normalized spacial score (nSPS) is 51.2. The van der Waals surface area contributed by atoms with E-state index >= 15 is 0 Å². The van der Waals surface area contributed by atoms with E-state index < -0.39 is 111 Å². The van der Waals surface area contributed by atoms with Crippen LogP contribution in [0, 0.1) is 0 Å². The highest BCUT2D eigenvalue weighted by Gasteiger charge is 2.56. The van der Waals surface area contributed by atoms with Crippen molar-refractivity contribution in [2.45, 2.75) is 91.4 Å². The Kier molecular flexibility index (Phi) is 9.23. The van der Waals surface area contributed by atoms with Gasteiger partial charge in [0.1, 0.15) is 60.5 Å². The Morgan fingerprint density at radius 2 is 1.51 bits per heavy atom. The minimum absolute atomic E-state index is 0.00704. The molecule has 0 amide bonds. The van der Waals surface area contributed by atoms with Crippen molar-refractivity contribution in [1.82, 2.24) is 5.32 Å². The molecule has 14 atom stereocenters. The number of aliphatic hydroxyl groups excluding tert-OH is 11. The van der Waals surface area contributed by atoms with Gasteiger partial charge in [0.15, 0.2) is 6.29 Å². The minimum atomic E-state index is -2.27. The summed E-state index contributed by atoms with van der Waals surface area (Å²) in [5.74, 6) is 0. The molecule has 3 rings (SSSR count). The Balaban J connectivity index is 1.79. The van der Waals surface area contributed by atoms with E-state index in [4.69, 9.17) is 9.47 Å². The molecular weight excluding hydrogens is 478 g/mol. The molecule has 0 bridgehead atoms. The molecule has 2 aliphatic carbocycles. The summed E-state index contributed by atoms with van der Waals surface area (Å²) in [4.78, 5) is 0. The fourth-order valence-electron chi connectivity index (χ4n) is 4.78. The van der Waals surface area contributed by atoms with Crippen molar-refractivity contribution in [3.05, 3.63) is 11.6 Å². The molecule has 0 spiro atoms. The van der Waals surface area contributed by atoms with E-state index in [1.807, 2.05) is 0 Å². The van der Waals surface area contributed by atoms with Crippen molar-refractivity contribution >= 4 is 0 Å². The predicted molar refractivity (Wildman–Crippen MR) is 111 cm³/mol. The molecule has 1 heterocycles. The number of hydrogen-bond acceptors (Lipinski definition) is 15. The van der Waals surface area contributed by atoms with Gasteiger partial charge in [0.2, 0.25) is 0 Å². The maximum Gasteiger partial charge on any atom is 0.187 e. The number of nitrogens with one attached hydrogen (secondary N) is 1. The lowest BCUT2D eigenvalue weighted by Gasteiger charge is -2.50. The van der Waals surface area contributed by atoms with E-state index in [1.54, 1.807) is 0 Å². The summed E-state index contributed by atoms with van der Waals surface area (Å²) in [6, 6.07) is -2.34. The molecule has 1 aliphatic heterocycles. The van der Waals surface area contributed by atoms with Gasteiger partial charge in [-0.2, -0.15) is 0 Å². The van der Waals surface area contributed by atoms with E-state index in [0.717, 1.165) is 0 Å². The third kappa shape index (κ3) is 5.40. The number of rotatable bonds is 7. The zero-order chi connectivity index (χ0) is 26.2. The van der Waals surface area contributed by atoms with E-state index in [1.165, 1.54) is 6.08 Å². The fraction of sp³-hybridized carbons (Fsp3) is 0.900. The first-order valence-electron chi connectivity index (χ1n) is 11.2. The molecule has 0 aromatic heterocycles. The van der Waals surface area contributed by atoms with Crippen LogP contribution in [0.25, 0.3) is 0 Å². The lowest BCUT2D eigenvalue weighted by molar-refractivity contribution is -0.343. The Hall–Kier alpha value is -0.860. The molecule has 15 nitrogen and oxygen atoms in total. The average Bonchev–Trinajstić information content (AvgIpc) is 2.85. The largest absolute Gasteiger partial charge is 0.394 e. The van der Waals surface area contributed by atoms with Crippen LogP contribution >= 0.6 is 0 Å². The van der Waals surface area contributed by atoms with Gasteiger partial charge in [-0.1, -0.05) is 6.08 Å². The van der Waals surface area contributed by atoms with Crippen molar-refractivity contribution in [3.63, 3.8) is 0 Å². The average molecular weight is 513 g/mol. The van der Waals surface area contributed by atoms with Gasteiger partial charge < -0.3 is 76.1 Å². The Labute approximate surface area is 199 Å². The van der Waals surface area contributed by atoms with E-state index in [0.29, 0.717) is 0 Å². The van der Waals surface area contributed by atoms with Gasteiger partial charge in [0.05, 0.1) is 32.0 Å². The van der Waals surface area contributed by atoms with Gasteiger partial charge in [0.25, 0.3) is 0 Å². The summed E-state index contributed by atoms with van der Waals surface area (Å²) < 4.78 is 10.7.